The van der Waals surface area contributed by atoms with Gasteiger partial charge in [-0.1, -0.05) is 17.3 Å². The van der Waals surface area contributed by atoms with Gasteiger partial charge in [0, 0.05) is 32.0 Å². The minimum absolute atomic E-state index is 0. The quantitative estimate of drug-likeness (QED) is 0.389. The zero-order valence-electron chi connectivity index (χ0n) is 14.7. The lowest BCUT2D eigenvalue weighted by Crippen LogP contribution is -2.36. The second-order valence-electron chi connectivity index (χ2n) is 5.50. The third kappa shape index (κ3) is 5.99. The molecule has 0 spiro atoms. The fraction of sp³-hybridized carbons (Fsp3) is 0.375. The van der Waals surface area contributed by atoms with Crippen molar-refractivity contribution in [3.8, 4) is 0 Å². The average molecular weight is 478 g/mol. The van der Waals surface area contributed by atoms with Crippen LogP contribution in [0.4, 0.5) is 0 Å². The first-order chi connectivity index (χ1) is 11.3. The van der Waals surface area contributed by atoms with Crippen molar-refractivity contribution in [2.24, 2.45) is 4.99 Å². The van der Waals surface area contributed by atoms with Gasteiger partial charge in [-0.25, -0.2) is 8.42 Å². The van der Waals surface area contributed by atoms with E-state index in [0.29, 0.717) is 23.9 Å². The molecule has 0 saturated carbocycles. The van der Waals surface area contributed by atoms with Crippen LogP contribution in [0, 0.1) is 13.8 Å². The minimum atomic E-state index is -3.17. The Hall–Kier alpha value is -1.62. The predicted molar refractivity (Wildman–Crippen MR) is 108 cm³/mol. The van der Waals surface area contributed by atoms with Crippen LogP contribution < -0.4 is 10.6 Å². The van der Waals surface area contributed by atoms with E-state index in [9.17, 15) is 8.42 Å². The number of guanidine groups is 1. The first-order valence-electron chi connectivity index (χ1n) is 7.46. The van der Waals surface area contributed by atoms with Gasteiger partial charge in [0.2, 0.25) is 0 Å². The molecule has 0 saturated heterocycles. The van der Waals surface area contributed by atoms with Crippen LogP contribution in [0.25, 0.3) is 0 Å². The van der Waals surface area contributed by atoms with Gasteiger partial charge in [0.25, 0.3) is 0 Å². The summed E-state index contributed by atoms with van der Waals surface area (Å²) in [7, 11) is -1.48. The van der Waals surface area contributed by atoms with Gasteiger partial charge in [0.1, 0.15) is 5.76 Å². The molecule has 138 valence electrons. The Morgan fingerprint density at radius 3 is 2.24 bits per heavy atom. The summed E-state index contributed by atoms with van der Waals surface area (Å²) in [6.45, 7) is 4.86. The second kappa shape index (κ2) is 9.18. The van der Waals surface area contributed by atoms with E-state index in [1.165, 1.54) is 6.26 Å². The van der Waals surface area contributed by atoms with E-state index >= 15 is 0 Å². The number of rotatable bonds is 5. The molecule has 2 N–H and O–H groups in total. The lowest BCUT2D eigenvalue weighted by atomic mass is 10.2. The second-order valence-corrected chi connectivity index (χ2v) is 7.51. The summed E-state index contributed by atoms with van der Waals surface area (Å²) in [6, 6.07) is 6.77. The van der Waals surface area contributed by atoms with Crippen molar-refractivity contribution in [1.29, 1.82) is 0 Å². The maximum atomic E-state index is 11.5. The van der Waals surface area contributed by atoms with Crippen molar-refractivity contribution in [3.63, 3.8) is 0 Å². The lowest BCUT2D eigenvalue weighted by Gasteiger charge is -2.12. The van der Waals surface area contributed by atoms with Crippen LogP contribution >= 0.6 is 24.0 Å². The number of nitrogens with zero attached hydrogens (tertiary/aromatic N) is 2. The molecule has 0 aliphatic rings. The molecule has 1 heterocycles. The van der Waals surface area contributed by atoms with Gasteiger partial charge < -0.3 is 15.2 Å². The molecule has 9 heteroatoms. The summed E-state index contributed by atoms with van der Waals surface area (Å²) in [5.74, 6) is 1.43. The third-order valence-electron chi connectivity index (χ3n) is 3.65. The van der Waals surface area contributed by atoms with Crippen LogP contribution in [0.1, 0.15) is 22.6 Å². The average Bonchev–Trinajstić information content (AvgIpc) is 2.86. The number of aliphatic imine (C=N–C) groups is 1. The monoisotopic (exact) mass is 478 g/mol. The molecule has 0 amide bonds. The van der Waals surface area contributed by atoms with Gasteiger partial charge >= 0.3 is 0 Å². The number of hydrogen-bond donors (Lipinski definition) is 2. The van der Waals surface area contributed by atoms with Crippen LogP contribution in [-0.4, -0.2) is 32.8 Å². The largest absolute Gasteiger partial charge is 0.361 e. The first kappa shape index (κ1) is 21.4. The normalized spacial score (nSPS) is 11.8. The minimum Gasteiger partial charge on any atom is -0.361 e. The number of benzene rings is 1. The highest BCUT2D eigenvalue weighted by Crippen LogP contribution is 2.12. The number of halogens is 1. The number of aromatic nitrogens is 1. The van der Waals surface area contributed by atoms with E-state index in [-0.39, 0.29) is 24.0 Å². The standard InChI is InChI=1S/C16H22N4O3S.HI/c1-11-15(12(2)23-20-11)10-19-16(17-3)18-9-13-5-7-14(8-6-13)24(4,21)22;/h5-8H,9-10H2,1-4H3,(H2,17,18,19);1H. The molecule has 0 aliphatic carbocycles. The summed E-state index contributed by atoms with van der Waals surface area (Å²) >= 11 is 0. The number of aryl methyl sites for hydroxylation is 2. The van der Waals surface area contributed by atoms with Crippen LogP contribution in [-0.2, 0) is 22.9 Å². The van der Waals surface area contributed by atoms with Crippen LogP contribution in [0.15, 0.2) is 38.7 Å². The van der Waals surface area contributed by atoms with E-state index in [1.54, 1.807) is 31.3 Å². The molecule has 0 radical (unpaired) electrons. The van der Waals surface area contributed by atoms with E-state index in [1.807, 2.05) is 13.8 Å². The van der Waals surface area contributed by atoms with Gasteiger partial charge in [0.15, 0.2) is 15.8 Å². The first-order valence-corrected chi connectivity index (χ1v) is 9.35. The Morgan fingerprint density at radius 1 is 1.16 bits per heavy atom. The Labute approximate surface area is 165 Å². The van der Waals surface area contributed by atoms with Gasteiger partial charge in [-0.2, -0.15) is 0 Å². The van der Waals surface area contributed by atoms with Crippen molar-refractivity contribution in [3.05, 3.63) is 46.8 Å². The molecule has 2 aromatic rings. The zero-order chi connectivity index (χ0) is 17.7. The molecule has 0 unspecified atom stereocenters. The fourth-order valence-electron chi connectivity index (χ4n) is 2.19. The topological polar surface area (TPSA) is 96.6 Å². The molecule has 0 fully saturated rings. The van der Waals surface area contributed by atoms with E-state index in [0.717, 1.165) is 22.6 Å². The van der Waals surface area contributed by atoms with Crippen LogP contribution in [0.2, 0.25) is 0 Å². The molecule has 7 nitrogen and oxygen atoms in total. The summed E-state index contributed by atoms with van der Waals surface area (Å²) in [4.78, 5) is 4.48. The Kier molecular flexibility index (Phi) is 7.87. The van der Waals surface area contributed by atoms with Crippen molar-refractivity contribution < 1.29 is 12.9 Å². The van der Waals surface area contributed by atoms with Crippen molar-refractivity contribution in [2.45, 2.75) is 31.8 Å². The summed E-state index contributed by atoms with van der Waals surface area (Å²) < 4.78 is 28.0. The Balaban J connectivity index is 0.00000312. The number of sulfone groups is 1. The molecule has 0 aliphatic heterocycles. The van der Waals surface area contributed by atoms with E-state index in [4.69, 9.17) is 4.52 Å². The third-order valence-corrected chi connectivity index (χ3v) is 4.78. The van der Waals surface area contributed by atoms with Crippen LogP contribution in [0.3, 0.4) is 0 Å². The van der Waals surface area contributed by atoms with Crippen molar-refractivity contribution >= 4 is 39.8 Å². The smallest absolute Gasteiger partial charge is 0.191 e. The summed E-state index contributed by atoms with van der Waals surface area (Å²) in [5, 5.41) is 10.3. The molecule has 1 aromatic carbocycles. The maximum absolute atomic E-state index is 11.5. The van der Waals surface area contributed by atoms with Gasteiger partial charge in [-0.05, 0) is 31.5 Å². The lowest BCUT2D eigenvalue weighted by molar-refractivity contribution is 0.392. The predicted octanol–water partition coefficient (Wildman–Crippen LogP) is 2.18. The van der Waals surface area contributed by atoms with E-state index in [2.05, 4.69) is 20.8 Å². The van der Waals surface area contributed by atoms with Gasteiger partial charge in [-0.15, -0.1) is 24.0 Å². The zero-order valence-corrected chi connectivity index (χ0v) is 17.8. The summed E-state index contributed by atoms with van der Waals surface area (Å²) in [6.07, 6.45) is 1.20. The SMILES string of the molecule is CN=C(NCc1ccc(S(C)(=O)=O)cc1)NCc1c(C)noc1C.I. The molecular weight excluding hydrogens is 455 g/mol. The highest BCUT2D eigenvalue weighted by atomic mass is 127. The molecule has 1 aromatic heterocycles. The maximum Gasteiger partial charge on any atom is 0.191 e. The number of hydrogen-bond acceptors (Lipinski definition) is 5. The number of nitrogens with one attached hydrogen (secondary N) is 2. The molecule has 0 atom stereocenters. The Morgan fingerprint density at radius 2 is 1.76 bits per heavy atom. The van der Waals surface area contributed by atoms with Crippen molar-refractivity contribution in [1.82, 2.24) is 15.8 Å². The fourth-order valence-corrected chi connectivity index (χ4v) is 2.82. The van der Waals surface area contributed by atoms with Gasteiger partial charge in [-0.3, -0.25) is 4.99 Å². The summed E-state index contributed by atoms with van der Waals surface area (Å²) in [5.41, 5.74) is 2.82. The molecular formula is C16H23IN4O3S. The molecule has 0 bridgehead atoms. The van der Waals surface area contributed by atoms with Gasteiger partial charge in [0.05, 0.1) is 10.6 Å². The Bertz CT molecular complexity index is 810. The highest BCUT2D eigenvalue weighted by molar-refractivity contribution is 14.0. The van der Waals surface area contributed by atoms with Crippen LogP contribution in [0.5, 0.6) is 0 Å². The highest BCUT2D eigenvalue weighted by Gasteiger charge is 2.10. The van der Waals surface area contributed by atoms with Crippen molar-refractivity contribution in [2.75, 3.05) is 13.3 Å². The van der Waals surface area contributed by atoms with E-state index < -0.39 is 9.84 Å². The molecule has 25 heavy (non-hydrogen) atoms. The molecule has 2 rings (SSSR count).